The SMILES string of the molecule is COc1cc(OC)cc(-c2nc(-c3ccc(C(F)(F)F)cc3)n(C)c2-c2ccc3ccccc3c2)c1. The summed E-state index contributed by atoms with van der Waals surface area (Å²) < 4.78 is 52.3. The van der Waals surface area contributed by atoms with Crippen molar-refractivity contribution in [3.05, 3.63) is 90.5 Å². The maximum atomic E-state index is 13.1. The molecule has 5 rings (SSSR count). The lowest BCUT2D eigenvalue weighted by molar-refractivity contribution is -0.137. The molecule has 4 aromatic carbocycles. The van der Waals surface area contributed by atoms with Crippen LogP contribution in [-0.2, 0) is 13.2 Å². The topological polar surface area (TPSA) is 36.3 Å². The highest BCUT2D eigenvalue weighted by molar-refractivity contribution is 5.90. The Morgan fingerprint density at radius 1 is 0.694 bits per heavy atom. The van der Waals surface area contributed by atoms with Crippen molar-refractivity contribution in [3.8, 4) is 45.4 Å². The summed E-state index contributed by atoms with van der Waals surface area (Å²) in [4.78, 5) is 4.92. The van der Waals surface area contributed by atoms with Crippen LogP contribution in [0.25, 0.3) is 44.7 Å². The smallest absolute Gasteiger partial charge is 0.416 e. The Kier molecular flexibility index (Phi) is 5.92. The number of ether oxygens (including phenoxy) is 2. The van der Waals surface area contributed by atoms with Gasteiger partial charge in [0.05, 0.1) is 31.2 Å². The molecule has 0 amide bonds. The summed E-state index contributed by atoms with van der Waals surface area (Å²) >= 11 is 0. The number of nitrogens with zero attached hydrogens (tertiary/aromatic N) is 2. The highest BCUT2D eigenvalue weighted by atomic mass is 19.4. The summed E-state index contributed by atoms with van der Waals surface area (Å²) in [5.41, 5.74) is 3.06. The molecule has 1 heterocycles. The molecule has 0 N–H and O–H groups in total. The Morgan fingerprint density at radius 2 is 1.31 bits per heavy atom. The molecular formula is C29H23F3N2O2. The Balaban J connectivity index is 1.74. The number of imidazole rings is 1. The van der Waals surface area contributed by atoms with Crippen molar-refractivity contribution in [2.75, 3.05) is 14.2 Å². The van der Waals surface area contributed by atoms with E-state index in [0.29, 0.717) is 28.6 Å². The second-order valence-corrected chi connectivity index (χ2v) is 8.43. The average Bonchev–Trinajstić information content (AvgIpc) is 3.24. The predicted molar refractivity (Wildman–Crippen MR) is 135 cm³/mol. The Morgan fingerprint density at radius 3 is 1.92 bits per heavy atom. The van der Waals surface area contributed by atoms with Gasteiger partial charge in [-0.15, -0.1) is 0 Å². The standard InChI is InChI=1S/C29H23F3N2O2/c1-34-27(21-9-8-18-6-4-5-7-20(18)14-21)26(22-15-24(35-2)17-25(16-22)36-3)33-28(34)19-10-12-23(13-11-19)29(30,31)32/h4-17H,1-3H3. The van der Waals surface area contributed by atoms with Crippen molar-refractivity contribution in [2.45, 2.75) is 6.18 Å². The summed E-state index contributed by atoms with van der Waals surface area (Å²) in [6.45, 7) is 0. The van der Waals surface area contributed by atoms with Gasteiger partial charge in [-0.3, -0.25) is 0 Å². The first-order chi connectivity index (χ1) is 17.3. The molecule has 5 aromatic rings. The van der Waals surface area contributed by atoms with Crippen LogP contribution in [-0.4, -0.2) is 23.8 Å². The van der Waals surface area contributed by atoms with E-state index in [2.05, 4.69) is 6.07 Å². The molecule has 36 heavy (non-hydrogen) atoms. The third-order valence-corrected chi connectivity index (χ3v) is 6.21. The van der Waals surface area contributed by atoms with E-state index in [1.54, 1.807) is 20.3 Å². The van der Waals surface area contributed by atoms with E-state index >= 15 is 0 Å². The molecule has 7 heteroatoms. The second kappa shape index (κ2) is 9.07. The largest absolute Gasteiger partial charge is 0.497 e. The first-order valence-corrected chi connectivity index (χ1v) is 11.3. The van der Waals surface area contributed by atoms with Crippen LogP contribution >= 0.6 is 0 Å². The zero-order valence-electron chi connectivity index (χ0n) is 19.9. The number of hydrogen-bond donors (Lipinski definition) is 0. The summed E-state index contributed by atoms with van der Waals surface area (Å²) in [5.74, 6) is 1.76. The van der Waals surface area contributed by atoms with Crippen LogP contribution in [0.4, 0.5) is 13.2 Å². The van der Waals surface area contributed by atoms with Gasteiger partial charge in [0, 0.05) is 29.8 Å². The van der Waals surface area contributed by atoms with E-state index in [1.807, 2.05) is 60.1 Å². The lowest BCUT2D eigenvalue weighted by Crippen LogP contribution is -2.04. The third-order valence-electron chi connectivity index (χ3n) is 6.21. The van der Waals surface area contributed by atoms with Gasteiger partial charge in [-0.05, 0) is 41.1 Å². The average molecular weight is 489 g/mol. The van der Waals surface area contributed by atoms with E-state index in [0.717, 1.165) is 39.7 Å². The zero-order valence-corrected chi connectivity index (χ0v) is 19.9. The number of benzene rings is 4. The first kappa shape index (κ1) is 23.5. The monoisotopic (exact) mass is 488 g/mol. The van der Waals surface area contributed by atoms with Gasteiger partial charge in [-0.1, -0.05) is 48.5 Å². The van der Waals surface area contributed by atoms with Crippen LogP contribution in [0, 0.1) is 0 Å². The van der Waals surface area contributed by atoms with Crippen LogP contribution in [0.2, 0.25) is 0 Å². The van der Waals surface area contributed by atoms with Crippen molar-refractivity contribution in [3.63, 3.8) is 0 Å². The molecule has 0 atom stereocenters. The van der Waals surface area contributed by atoms with Crippen molar-refractivity contribution in [2.24, 2.45) is 7.05 Å². The Hall–Kier alpha value is -4.26. The number of fused-ring (bicyclic) bond motifs is 1. The lowest BCUT2D eigenvalue weighted by Gasteiger charge is -2.11. The number of methoxy groups -OCH3 is 2. The highest BCUT2D eigenvalue weighted by Crippen LogP contribution is 2.39. The second-order valence-electron chi connectivity index (χ2n) is 8.43. The molecule has 1 aromatic heterocycles. The fraction of sp³-hybridized carbons (Fsp3) is 0.138. The number of hydrogen-bond acceptors (Lipinski definition) is 3. The van der Waals surface area contributed by atoms with E-state index in [1.165, 1.54) is 12.1 Å². The fourth-order valence-electron chi connectivity index (χ4n) is 4.38. The van der Waals surface area contributed by atoms with Crippen molar-refractivity contribution < 1.29 is 22.6 Å². The van der Waals surface area contributed by atoms with E-state index in [4.69, 9.17) is 14.5 Å². The molecule has 4 nitrogen and oxygen atoms in total. The van der Waals surface area contributed by atoms with E-state index in [9.17, 15) is 13.2 Å². The van der Waals surface area contributed by atoms with Gasteiger partial charge in [0.1, 0.15) is 17.3 Å². The summed E-state index contributed by atoms with van der Waals surface area (Å²) in [6.07, 6.45) is -4.40. The van der Waals surface area contributed by atoms with Crippen molar-refractivity contribution >= 4 is 10.8 Å². The maximum Gasteiger partial charge on any atom is 0.416 e. The molecule has 0 saturated carbocycles. The van der Waals surface area contributed by atoms with Crippen molar-refractivity contribution in [1.29, 1.82) is 0 Å². The predicted octanol–water partition coefficient (Wildman–Crippen LogP) is 7.61. The normalized spacial score (nSPS) is 11.6. The van der Waals surface area contributed by atoms with Crippen LogP contribution in [0.3, 0.4) is 0 Å². The molecule has 0 bridgehead atoms. The Bertz CT molecular complexity index is 1530. The molecule has 0 fully saturated rings. The number of alkyl halides is 3. The van der Waals surface area contributed by atoms with E-state index in [-0.39, 0.29) is 0 Å². The lowest BCUT2D eigenvalue weighted by atomic mass is 10.0. The number of rotatable bonds is 5. The van der Waals surface area contributed by atoms with E-state index < -0.39 is 11.7 Å². The minimum atomic E-state index is -4.40. The molecule has 0 aliphatic rings. The molecular weight excluding hydrogens is 465 g/mol. The molecule has 0 aliphatic carbocycles. The molecule has 182 valence electrons. The molecule has 0 spiro atoms. The van der Waals surface area contributed by atoms with Gasteiger partial charge in [-0.2, -0.15) is 13.2 Å². The van der Waals surface area contributed by atoms with Crippen molar-refractivity contribution in [1.82, 2.24) is 9.55 Å². The first-order valence-electron chi connectivity index (χ1n) is 11.3. The molecule has 0 aliphatic heterocycles. The third kappa shape index (κ3) is 4.28. The Labute approximate surface area is 206 Å². The van der Waals surface area contributed by atoms with Gasteiger partial charge < -0.3 is 14.0 Å². The fourth-order valence-corrected chi connectivity index (χ4v) is 4.38. The zero-order chi connectivity index (χ0) is 25.4. The van der Waals surface area contributed by atoms with Crippen LogP contribution in [0.15, 0.2) is 84.9 Å². The maximum absolute atomic E-state index is 13.1. The highest BCUT2D eigenvalue weighted by Gasteiger charge is 2.30. The van der Waals surface area contributed by atoms with Gasteiger partial charge >= 0.3 is 6.18 Å². The van der Waals surface area contributed by atoms with Gasteiger partial charge in [0.2, 0.25) is 0 Å². The molecule has 0 saturated heterocycles. The quantitative estimate of drug-likeness (QED) is 0.255. The number of aromatic nitrogens is 2. The van der Waals surface area contributed by atoms with Gasteiger partial charge in [-0.25, -0.2) is 4.98 Å². The summed E-state index contributed by atoms with van der Waals surface area (Å²) in [6, 6.07) is 24.8. The van der Waals surface area contributed by atoms with Crippen LogP contribution in [0.5, 0.6) is 11.5 Å². The minimum Gasteiger partial charge on any atom is -0.497 e. The number of halogens is 3. The summed E-state index contributed by atoms with van der Waals surface area (Å²) in [5, 5.41) is 2.18. The van der Waals surface area contributed by atoms with Gasteiger partial charge in [0.15, 0.2) is 0 Å². The molecule has 0 unspecified atom stereocenters. The van der Waals surface area contributed by atoms with Crippen LogP contribution < -0.4 is 9.47 Å². The summed E-state index contributed by atoms with van der Waals surface area (Å²) in [7, 11) is 5.02. The van der Waals surface area contributed by atoms with Gasteiger partial charge in [0.25, 0.3) is 0 Å². The minimum absolute atomic E-state index is 0.545. The molecule has 0 radical (unpaired) electrons. The van der Waals surface area contributed by atoms with Crippen LogP contribution in [0.1, 0.15) is 5.56 Å².